The zero-order chi connectivity index (χ0) is 14.1. The lowest BCUT2D eigenvalue weighted by atomic mass is 10.2. The van der Waals surface area contributed by atoms with Gasteiger partial charge >= 0.3 is 5.97 Å². The van der Waals surface area contributed by atoms with Gasteiger partial charge in [0.05, 0.1) is 13.7 Å². The predicted molar refractivity (Wildman–Crippen MR) is 75.1 cm³/mol. The van der Waals surface area contributed by atoms with E-state index in [4.69, 9.17) is 9.47 Å². The molecule has 0 aliphatic heterocycles. The van der Waals surface area contributed by atoms with Crippen LogP contribution in [-0.4, -0.2) is 38.2 Å². The van der Waals surface area contributed by atoms with Crippen LogP contribution < -0.4 is 4.74 Å². The third kappa shape index (κ3) is 6.06. The van der Waals surface area contributed by atoms with Crippen molar-refractivity contribution in [2.24, 2.45) is 0 Å². The average Bonchev–Trinajstić information content (AvgIpc) is 2.39. The Morgan fingerprint density at radius 2 is 2.21 bits per heavy atom. The van der Waals surface area contributed by atoms with E-state index < -0.39 is 0 Å². The van der Waals surface area contributed by atoms with E-state index in [9.17, 15) is 4.79 Å². The molecule has 0 saturated carbocycles. The highest BCUT2D eigenvalue weighted by Gasteiger charge is 2.00. The summed E-state index contributed by atoms with van der Waals surface area (Å²) in [6.45, 7) is 3.68. The standard InChI is InChI=1S/C15H21NO3/c1-4-19-15(17)9-6-10-16(2)12-13-7-5-8-14(11-13)18-3/h5-9,11H,4,10,12H2,1-3H3/b9-6+. The monoisotopic (exact) mass is 263 g/mol. The highest BCUT2D eigenvalue weighted by Crippen LogP contribution is 2.13. The number of rotatable bonds is 7. The lowest BCUT2D eigenvalue weighted by Crippen LogP contribution is -2.18. The minimum absolute atomic E-state index is 0.294. The maximum atomic E-state index is 11.1. The molecule has 0 atom stereocenters. The molecule has 0 unspecified atom stereocenters. The summed E-state index contributed by atoms with van der Waals surface area (Å²) in [5, 5.41) is 0. The smallest absolute Gasteiger partial charge is 0.330 e. The second kappa shape index (κ2) is 8.32. The molecule has 19 heavy (non-hydrogen) atoms. The normalized spacial score (nSPS) is 10.9. The number of nitrogens with zero attached hydrogens (tertiary/aromatic N) is 1. The molecule has 1 aromatic carbocycles. The van der Waals surface area contributed by atoms with Crippen molar-refractivity contribution < 1.29 is 14.3 Å². The summed E-state index contributed by atoms with van der Waals surface area (Å²) in [4.78, 5) is 13.2. The van der Waals surface area contributed by atoms with Crippen molar-refractivity contribution in [3.05, 3.63) is 42.0 Å². The van der Waals surface area contributed by atoms with E-state index in [0.717, 1.165) is 12.3 Å². The molecule has 1 rings (SSSR count). The summed E-state index contributed by atoms with van der Waals surface area (Å²) in [5.74, 6) is 0.560. The number of likely N-dealkylation sites (N-methyl/N-ethyl adjacent to an activating group) is 1. The molecule has 0 aliphatic rings. The van der Waals surface area contributed by atoms with Crippen molar-refractivity contribution >= 4 is 5.97 Å². The Morgan fingerprint density at radius 1 is 1.42 bits per heavy atom. The van der Waals surface area contributed by atoms with Crippen molar-refractivity contribution in [2.45, 2.75) is 13.5 Å². The van der Waals surface area contributed by atoms with E-state index in [1.54, 1.807) is 20.1 Å². The first-order chi connectivity index (χ1) is 9.15. The van der Waals surface area contributed by atoms with Gasteiger partial charge in [-0.3, -0.25) is 4.90 Å². The van der Waals surface area contributed by atoms with Gasteiger partial charge in [0.25, 0.3) is 0 Å². The number of hydrogen-bond donors (Lipinski definition) is 0. The maximum Gasteiger partial charge on any atom is 0.330 e. The topological polar surface area (TPSA) is 38.8 Å². The van der Waals surface area contributed by atoms with Crippen LogP contribution in [0.4, 0.5) is 0 Å². The van der Waals surface area contributed by atoms with Crippen LogP contribution in [0, 0.1) is 0 Å². The first-order valence-corrected chi connectivity index (χ1v) is 6.30. The van der Waals surface area contributed by atoms with Gasteiger partial charge in [-0.1, -0.05) is 18.2 Å². The van der Waals surface area contributed by atoms with E-state index in [2.05, 4.69) is 4.90 Å². The molecule has 0 radical (unpaired) electrons. The molecule has 0 fully saturated rings. The van der Waals surface area contributed by atoms with Gasteiger partial charge in [0, 0.05) is 19.2 Å². The Balaban J connectivity index is 2.42. The van der Waals surface area contributed by atoms with Gasteiger partial charge in [-0.2, -0.15) is 0 Å². The number of carbonyl (C=O) groups excluding carboxylic acids is 1. The molecule has 0 saturated heterocycles. The molecule has 0 aromatic heterocycles. The number of hydrogen-bond acceptors (Lipinski definition) is 4. The first kappa shape index (κ1) is 15.2. The van der Waals surface area contributed by atoms with Crippen LogP contribution in [0.3, 0.4) is 0 Å². The number of ether oxygens (including phenoxy) is 2. The van der Waals surface area contributed by atoms with E-state index in [1.807, 2.05) is 31.3 Å². The minimum Gasteiger partial charge on any atom is -0.497 e. The fourth-order valence-corrected chi connectivity index (χ4v) is 1.67. The molecule has 0 bridgehead atoms. The summed E-state index contributed by atoms with van der Waals surface area (Å²) in [5.41, 5.74) is 1.17. The van der Waals surface area contributed by atoms with E-state index >= 15 is 0 Å². The summed E-state index contributed by atoms with van der Waals surface area (Å²) in [7, 11) is 3.65. The van der Waals surface area contributed by atoms with Crippen LogP contribution in [0.1, 0.15) is 12.5 Å². The van der Waals surface area contributed by atoms with Gasteiger partial charge in [0.15, 0.2) is 0 Å². The van der Waals surface area contributed by atoms with Gasteiger partial charge in [0.2, 0.25) is 0 Å². The molecular formula is C15H21NO3. The SMILES string of the molecule is CCOC(=O)/C=C/CN(C)Cc1cccc(OC)c1. The fourth-order valence-electron chi connectivity index (χ4n) is 1.67. The van der Waals surface area contributed by atoms with E-state index in [0.29, 0.717) is 13.2 Å². The van der Waals surface area contributed by atoms with E-state index in [1.165, 1.54) is 11.6 Å². The fraction of sp³-hybridized carbons (Fsp3) is 0.400. The summed E-state index contributed by atoms with van der Waals surface area (Å²) in [6.07, 6.45) is 3.27. The molecule has 0 spiro atoms. The molecule has 0 amide bonds. The van der Waals surface area contributed by atoms with Gasteiger partial charge in [-0.15, -0.1) is 0 Å². The average molecular weight is 263 g/mol. The quantitative estimate of drug-likeness (QED) is 0.558. The highest BCUT2D eigenvalue weighted by atomic mass is 16.5. The van der Waals surface area contributed by atoms with Crippen LogP contribution in [0.25, 0.3) is 0 Å². The summed E-state index contributed by atoms with van der Waals surface area (Å²) in [6, 6.07) is 7.94. The van der Waals surface area contributed by atoms with Gasteiger partial charge < -0.3 is 9.47 Å². The largest absolute Gasteiger partial charge is 0.497 e. The third-order valence-corrected chi connectivity index (χ3v) is 2.54. The van der Waals surface area contributed by atoms with Crippen molar-refractivity contribution in [2.75, 3.05) is 27.3 Å². The molecule has 4 nitrogen and oxygen atoms in total. The summed E-state index contributed by atoms with van der Waals surface area (Å²) >= 11 is 0. The highest BCUT2D eigenvalue weighted by molar-refractivity contribution is 5.81. The number of methoxy groups -OCH3 is 1. The van der Waals surface area contributed by atoms with Crippen molar-refractivity contribution in [1.29, 1.82) is 0 Å². The predicted octanol–water partition coefficient (Wildman–Crippen LogP) is 2.25. The van der Waals surface area contributed by atoms with Gasteiger partial charge in [-0.25, -0.2) is 4.79 Å². The van der Waals surface area contributed by atoms with Crippen LogP contribution in [-0.2, 0) is 16.1 Å². The van der Waals surface area contributed by atoms with Gasteiger partial charge in [0.1, 0.15) is 5.75 Å². The zero-order valence-electron chi connectivity index (χ0n) is 11.8. The first-order valence-electron chi connectivity index (χ1n) is 6.30. The molecular weight excluding hydrogens is 242 g/mol. The van der Waals surface area contributed by atoms with Crippen LogP contribution >= 0.6 is 0 Å². The van der Waals surface area contributed by atoms with Crippen LogP contribution in [0.5, 0.6) is 5.75 Å². The number of carbonyl (C=O) groups is 1. The second-order valence-electron chi connectivity index (χ2n) is 4.20. The Morgan fingerprint density at radius 3 is 2.89 bits per heavy atom. The van der Waals surface area contributed by atoms with Crippen molar-refractivity contribution in [3.63, 3.8) is 0 Å². The van der Waals surface area contributed by atoms with Crippen molar-refractivity contribution in [1.82, 2.24) is 4.90 Å². The Hall–Kier alpha value is -1.81. The molecule has 0 N–H and O–H groups in total. The van der Waals surface area contributed by atoms with Crippen LogP contribution in [0.15, 0.2) is 36.4 Å². The van der Waals surface area contributed by atoms with Crippen LogP contribution in [0.2, 0.25) is 0 Å². The lowest BCUT2D eigenvalue weighted by Gasteiger charge is -2.14. The molecule has 4 heteroatoms. The summed E-state index contributed by atoms with van der Waals surface area (Å²) < 4.78 is 9.99. The number of esters is 1. The zero-order valence-corrected chi connectivity index (χ0v) is 11.8. The Labute approximate surface area is 114 Å². The minimum atomic E-state index is -0.294. The molecule has 1 aromatic rings. The van der Waals surface area contributed by atoms with Crippen molar-refractivity contribution in [3.8, 4) is 5.75 Å². The third-order valence-electron chi connectivity index (χ3n) is 2.54. The Bertz CT molecular complexity index is 429. The maximum absolute atomic E-state index is 11.1. The Kier molecular flexibility index (Phi) is 6.68. The molecule has 0 aliphatic carbocycles. The van der Waals surface area contributed by atoms with E-state index in [-0.39, 0.29) is 5.97 Å². The lowest BCUT2D eigenvalue weighted by molar-refractivity contribution is -0.137. The van der Waals surface area contributed by atoms with Gasteiger partial charge in [-0.05, 0) is 31.7 Å². The number of benzene rings is 1. The molecule has 0 heterocycles. The second-order valence-corrected chi connectivity index (χ2v) is 4.20. The molecule has 104 valence electrons.